The molecule has 0 heterocycles. The van der Waals surface area contributed by atoms with Crippen LogP contribution in [0, 0.1) is 0 Å². The molecule has 1 aromatic carbocycles. The van der Waals surface area contributed by atoms with Gasteiger partial charge in [-0.2, -0.15) is 0 Å². The summed E-state index contributed by atoms with van der Waals surface area (Å²) in [5, 5.41) is 3.93. The van der Waals surface area contributed by atoms with Crippen molar-refractivity contribution in [2.24, 2.45) is 0 Å². The van der Waals surface area contributed by atoms with Crippen LogP contribution in [0.5, 0.6) is 5.75 Å². The lowest BCUT2D eigenvalue weighted by molar-refractivity contribution is -0.130. The van der Waals surface area contributed by atoms with E-state index >= 15 is 0 Å². The molecular weight excluding hydrogens is 264 g/mol. The van der Waals surface area contributed by atoms with Gasteiger partial charge in [-0.05, 0) is 25.1 Å². The summed E-state index contributed by atoms with van der Waals surface area (Å²) in [5.74, 6) is 0.582. The molecule has 0 aliphatic heterocycles. The number of hydrogen-bond acceptors (Lipinski definition) is 3. The Hall–Kier alpha value is -1.26. The Labute approximate surface area is 119 Å². The minimum absolute atomic E-state index is 0.0219. The summed E-state index contributed by atoms with van der Waals surface area (Å²) >= 11 is 6.17. The largest absolute Gasteiger partial charge is 0.483 e. The number of hydrogen-bond donors (Lipinski definition) is 1. The van der Waals surface area contributed by atoms with Crippen molar-refractivity contribution in [1.29, 1.82) is 0 Å². The van der Waals surface area contributed by atoms with E-state index in [-0.39, 0.29) is 12.5 Å². The second kappa shape index (κ2) is 8.02. The number of likely N-dealkylation sites (N-methyl/N-ethyl adjacent to an activating group) is 1. The van der Waals surface area contributed by atoms with Crippen LogP contribution >= 0.6 is 11.6 Å². The van der Waals surface area contributed by atoms with Crippen molar-refractivity contribution in [2.75, 3.05) is 27.2 Å². The fourth-order valence-electron chi connectivity index (χ4n) is 1.50. The molecule has 1 rings (SSSR count). The van der Waals surface area contributed by atoms with E-state index in [1.807, 2.05) is 18.2 Å². The molecule has 5 heteroatoms. The molecule has 0 unspecified atom stereocenters. The first kappa shape index (κ1) is 15.8. The van der Waals surface area contributed by atoms with E-state index in [0.717, 1.165) is 18.5 Å². The summed E-state index contributed by atoms with van der Waals surface area (Å²) in [6, 6.07) is 5.48. The summed E-state index contributed by atoms with van der Waals surface area (Å²) in [7, 11) is 3.40. The lowest BCUT2D eigenvalue weighted by Crippen LogP contribution is -2.28. The number of halogens is 1. The predicted molar refractivity (Wildman–Crippen MR) is 77.6 cm³/mol. The number of ether oxygens (including phenoxy) is 1. The summed E-state index contributed by atoms with van der Waals surface area (Å²) in [5.41, 5.74) is 0.893. The quantitative estimate of drug-likeness (QED) is 0.781. The van der Waals surface area contributed by atoms with Gasteiger partial charge in [-0.15, -0.1) is 0 Å². The molecule has 4 nitrogen and oxygen atoms in total. The van der Waals surface area contributed by atoms with Crippen LogP contribution in [-0.2, 0) is 11.3 Å². The number of nitrogens with one attached hydrogen (secondary N) is 1. The van der Waals surface area contributed by atoms with Crippen LogP contribution < -0.4 is 10.1 Å². The normalized spacial score (nSPS) is 10.3. The molecule has 0 fully saturated rings. The van der Waals surface area contributed by atoms with Crippen molar-refractivity contribution in [3.05, 3.63) is 28.8 Å². The average Bonchev–Trinajstić information content (AvgIpc) is 2.38. The van der Waals surface area contributed by atoms with Gasteiger partial charge in [0.2, 0.25) is 0 Å². The van der Waals surface area contributed by atoms with Gasteiger partial charge in [0.15, 0.2) is 6.61 Å². The molecule has 0 atom stereocenters. The van der Waals surface area contributed by atoms with Gasteiger partial charge >= 0.3 is 0 Å². The fraction of sp³-hybridized carbons (Fsp3) is 0.500. The number of carbonyl (C=O) groups is 1. The Morgan fingerprint density at radius 2 is 2.16 bits per heavy atom. The SMILES string of the molecule is CCCNCc1c(Cl)cccc1OCC(=O)N(C)C. The van der Waals surface area contributed by atoms with Gasteiger partial charge in [-0.25, -0.2) is 0 Å². The van der Waals surface area contributed by atoms with Crippen molar-refractivity contribution >= 4 is 17.5 Å². The topological polar surface area (TPSA) is 41.6 Å². The minimum Gasteiger partial charge on any atom is -0.483 e. The fourth-order valence-corrected chi connectivity index (χ4v) is 1.74. The van der Waals surface area contributed by atoms with Crippen LogP contribution in [0.25, 0.3) is 0 Å². The first-order chi connectivity index (χ1) is 9.06. The standard InChI is InChI=1S/C14H21ClN2O2/c1-4-8-16-9-11-12(15)6-5-7-13(11)19-10-14(18)17(2)3/h5-7,16H,4,8-10H2,1-3H3. The maximum atomic E-state index is 11.5. The van der Waals surface area contributed by atoms with E-state index in [1.165, 1.54) is 4.90 Å². The van der Waals surface area contributed by atoms with Gasteiger partial charge in [-0.3, -0.25) is 4.79 Å². The Kier molecular flexibility index (Phi) is 6.67. The van der Waals surface area contributed by atoms with Crippen molar-refractivity contribution in [1.82, 2.24) is 10.2 Å². The summed E-state index contributed by atoms with van der Waals surface area (Å²) < 4.78 is 5.56. The van der Waals surface area contributed by atoms with E-state index < -0.39 is 0 Å². The average molecular weight is 285 g/mol. The molecule has 0 aromatic heterocycles. The van der Waals surface area contributed by atoms with Crippen LogP contribution in [-0.4, -0.2) is 38.1 Å². The van der Waals surface area contributed by atoms with Crippen molar-refractivity contribution in [3.8, 4) is 5.75 Å². The Balaban J connectivity index is 2.70. The van der Waals surface area contributed by atoms with E-state index in [1.54, 1.807) is 14.1 Å². The maximum absolute atomic E-state index is 11.5. The first-order valence-corrected chi connectivity index (χ1v) is 6.75. The third kappa shape index (κ3) is 5.09. The number of amides is 1. The minimum atomic E-state index is -0.0764. The molecule has 106 valence electrons. The van der Waals surface area contributed by atoms with Crippen LogP contribution in [0.15, 0.2) is 18.2 Å². The zero-order valence-electron chi connectivity index (χ0n) is 11.7. The second-order valence-corrected chi connectivity index (χ2v) is 4.88. The molecule has 1 amide bonds. The molecule has 0 saturated carbocycles. The number of nitrogens with zero attached hydrogens (tertiary/aromatic N) is 1. The number of carbonyl (C=O) groups excluding carboxylic acids is 1. The second-order valence-electron chi connectivity index (χ2n) is 4.47. The van der Waals surface area contributed by atoms with E-state index in [2.05, 4.69) is 12.2 Å². The molecule has 0 aliphatic carbocycles. The molecule has 0 bridgehead atoms. The zero-order chi connectivity index (χ0) is 14.3. The summed E-state index contributed by atoms with van der Waals surface area (Å²) in [6.45, 7) is 3.68. The monoisotopic (exact) mass is 284 g/mol. The molecule has 0 aliphatic rings. The van der Waals surface area contributed by atoms with Crippen LogP contribution in [0.2, 0.25) is 5.02 Å². The van der Waals surface area contributed by atoms with Crippen LogP contribution in [0.1, 0.15) is 18.9 Å². The third-order valence-electron chi connectivity index (χ3n) is 2.65. The van der Waals surface area contributed by atoms with Crippen LogP contribution in [0.3, 0.4) is 0 Å². The van der Waals surface area contributed by atoms with E-state index in [4.69, 9.17) is 16.3 Å². The van der Waals surface area contributed by atoms with Crippen LogP contribution in [0.4, 0.5) is 0 Å². The van der Waals surface area contributed by atoms with Gasteiger partial charge in [0.1, 0.15) is 5.75 Å². The highest BCUT2D eigenvalue weighted by atomic mass is 35.5. The highest BCUT2D eigenvalue weighted by Gasteiger charge is 2.10. The van der Waals surface area contributed by atoms with Gasteiger partial charge in [-0.1, -0.05) is 24.6 Å². The molecule has 0 spiro atoms. The van der Waals surface area contributed by atoms with Gasteiger partial charge in [0.25, 0.3) is 5.91 Å². The van der Waals surface area contributed by atoms with Gasteiger partial charge in [0.05, 0.1) is 0 Å². The lowest BCUT2D eigenvalue weighted by atomic mass is 10.2. The Bertz CT molecular complexity index is 422. The lowest BCUT2D eigenvalue weighted by Gasteiger charge is -2.15. The molecular formula is C14H21ClN2O2. The van der Waals surface area contributed by atoms with E-state index in [9.17, 15) is 4.79 Å². The van der Waals surface area contributed by atoms with Gasteiger partial charge < -0.3 is 15.0 Å². The van der Waals surface area contributed by atoms with Crippen molar-refractivity contribution in [3.63, 3.8) is 0 Å². The summed E-state index contributed by atoms with van der Waals surface area (Å²) in [4.78, 5) is 13.0. The zero-order valence-corrected chi connectivity index (χ0v) is 12.5. The van der Waals surface area contributed by atoms with Crippen molar-refractivity contribution < 1.29 is 9.53 Å². The number of rotatable bonds is 7. The van der Waals surface area contributed by atoms with Gasteiger partial charge in [0, 0.05) is 31.2 Å². The maximum Gasteiger partial charge on any atom is 0.259 e. The molecule has 0 saturated heterocycles. The van der Waals surface area contributed by atoms with Crippen molar-refractivity contribution in [2.45, 2.75) is 19.9 Å². The molecule has 0 radical (unpaired) electrons. The first-order valence-electron chi connectivity index (χ1n) is 6.37. The highest BCUT2D eigenvalue weighted by Crippen LogP contribution is 2.26. The Morgan fingerprint density at radius 1 is 1.42 bits per heavy atom. The molecule has 19 heavy (non-hydrogen) atoms. The highest BCUT2D eigenvalue weighted by molar-refractivity contribution is 6.31. The Morgan fingerprint density at radius 3 is 2.79 bits per heavy atom. The van der Waals surface area contributed by atoms with E-state index in [0.29, 0.717) is 17.3 Å². The predicted octanol–water partition coefficient (Wildman–Crippen LogP) is 2.31. The third-order valence-corrected chi connectivity index (χ3v) is 3.01. The molecule has 1 N–H and O–H groups in total. The molecule has 1 aromatic rings. The smallest absolute Gasteiger partial charge is 0.259 e. The number of benzene rings is 1. The summed E-state index contributed by atoms with van der Waals surface area (Å²) in [6.07, 6.45) is 1.06.